The van der Waals surface area contributed by atoms with Crippen molar-refractivity contribution in [3.8, 4) is 0 Å². The molecule has 28 heavy (non-hydrogen) atoms. The Morgan fingerprint density at radius 1 is 1.04 bits per heavy atom. The van der Waals surface area contributed by atoms with Gasteiger partial charge in [-0.05, 0) is 69.6 Å². The van der Waals surface area contributed by atoms with Gasteiger partial charge in [-0.15, -0.1) is 0 Å². The Hall–Kier alpha value is -2.66. The van der Waals surface area contributed by atoms with Gasteiger partial charge in [0, 0.05) is 12.7 Å². The summed E-state index contributed by atoms with van der Waals surface area (Å²) in [4.78, 5) is 21.8. The number of rotatable bonds is 6. The van der Waals surface area contributed by atoms with E-state index in [0.717, 1.165) is 17.8 Å². The van der Waals surface area contributed by atoms with Gasteiger partial charge in [0.25, 0.3) is 5.91 Å². The molecule has 0 aliphatic carbocycles. The number of benzene rings is 1. The number of aromatic nitrogens is 1. The van der Waals surface area contributed by atoms with E-state index in [1.807, 2.05) is 36.4 Å². The van der Waals surface area contributed by atoms with Crippen LogP contribution in [-0.2, 0) is 0 Å². The summed E-state index contributed by atoms with van der Waals surface area (Å²) in [5.41, 5.74) is 2.41. The van der Waals surface area contributed by atoms with Gasteiger partial charge in [-0.2, -0.15) is 0 Å². The van der Waals surface area contributed by atoms with E-state index in [0.29, 0.717) is 17.9 Å². The molecule has 2 aliphatic rings. The molecule has 4 rings (SSSR count). The molecule has 3 heterocycles. The van der Waals surface area contributed by atoms with Crippen LogP contribution in [0.1, 0.15) is 42.5 Å². The molecule has 1 N–H and O–H groups in total. The minimum Gasteiger partial charge on any atom is -0.320 e. The van der Waals surface area contributed by atoms with Crippen LogP contribution >= 0.6 is 0 Å². The summed E-state index contributed by atoms with van der Waals surface area (Å²) in [7, 11) is 0. The van der Waals surface area contributed by atoms with Crippen molar-refractivity contribution >= 4 is 23.1 Å². The van der Waals surface area contributed by atoms with E-state index in [1.165, 1.54) is 45.3 Å². The number of allylic oxidation sites excluding steroid dienone is 1. The Kier molecular flexibility index (Phi) is 6.02. The largest absolute Gasteiger partial charge is 0.320 e. The van der Waals surface area contributed by atoms with E-state index < -0.39 is 0 Å². The van der Waals surface area contributed by atoms with Crippen LogP contribution in [0.5, 0.6) is 0 Å². The predicted molar refractivity (Wildman–Crippen MR) is 114 cm³/mol. The highest BCUT2D eigenvalue weighted by Crippen LogP contribution is 2.36. The van der Waals surface area contributed by atoms with Gasteiger partial charge >= 0.3 is 0 Å². The molecule has 5 nitrogen and oxygen atoms in total. The number of para-hydroxylation sites is 2. The second-order valence-electron chi connectivity index (χ2n) is 7.47. The first-order valence-electron chi connectivity index (χ1n) is 10.3. The summed E-state index contributed by atoms with van der Waals surface area (Å²) in [5.74, 6) is 0.603. The number of piperidine rings is 1. The number of carbonyl (C=O) groups is 1. The van der Waals surface area contributed by atoms with Gasteiger partial charge in [0.1, 0.15) is 5.82 Å². The minimum atomic E-state index is -0.108. The van der Waals surface area contributed by atoms with Crippen LogP contribution in [-0.4, -0.2) is 42.0 Å². The van der Waals surface area contributed by atoms with Crippen molar-refractivity contribution in [3.05, 3.63) is 60.3 Å². The van der Waals surface area contributed by atoms with Crippen molar-refractivity contribution in [3.63, 3.8) is 0 Å². The summed E-state index contributed by atoms with van der Waals surface area (Å²) in [6.45, 7) is 4.41. The maximum atomic E-state index is 12.6. The Bertz CT molecular complexity index is 842. The van der Waals surface area contributed by atoms with Crippen molar-refractivity contribution in [2.45, 2.75) is 32.1 Å². The molecule has 146 valence electrons. The summed E-state index contributed by atoms with van der Waals surface area (Å²) in [6.07, 6.45) is 12.6. The molecular formula is C23H28N4O. The monoisotopic (exact) mass is 376 g/mol. The molecule has 0 bridgehead atoms. The lowest BCUT2D eigenvalue weighted by atomic mass is 10.1. The van der Waals surface area contributed by atoms with E-state index in [2.05, 4.69) is 32.3 Å². The first kappa shape index (κ1) is 18.7. The van der Waals surface area contributed by atoms with Gasteiger partial charge in [-0.3, -0.25) is 4.79 Å². The molecule has 1 fully saturated rings. The number of hydrogen-bond donors (Lipinski definition) is 1. The minimum absolute atomic E-state index is 0.108. The SMILES string of the molecule is O=C1Nc2ccccc2N(C/C=C\CCCN2CCCCC2)c2ncccc21. The Labute approximate surface area is 167 Å². The molecule has 2 aromatic rings. The van der Waals surface area contributed by atoms with Crippen molar-refractivity contribution in [2.75, 3.05) is 36.4 Å². The second kappa shape index (κ2) is 9.02. The number of unbranched alkanes of at least 4 members (excludes halogenated alkanes) is 1. The lowest BCUT2D eigenvalue weighted by Gasteiger charge is -2.26. The number of likely N-dealkylation sites (tertiary alicyclic amines) is 1. The zero-order valence-corrected chi connectivity index (χ0v) is 16.3. The molecule has 1 aromatic heterocycles. The third kappa shape index (κ3) is 4.25. The topological polar surface area (TPSA) is 48.5 Å². The molecule has 1 amide bonds. The molecule has 0 atom stereocenters. The fourth-order valence-corrected chi connectivity index (χ4v) is 4.01. The predicted octanol–water partition coefficient (Wildman–Crippen LogP) is 4.61. The zero-order valence-electron chi connectivity index (χ0n) is 16.3. The number of hydrogen-bond acceptors (Lipinski definition) is 4. The van der Waals surface area contributed by atoms with Gasteiger partial charge in [0.05, 0.1) is 16.9 Å². The van der Waals surface area contributed by atoms with Crippen molar-refractivity contribution in [1.82, 2.24) is 9.88 Å². The van der Waals surface area contributed by atoms with Crippen LogP contribution in [0.4, 0.5) is 17.2 Å². The summed E-state index contributed by atoms with van der Waals surface area (Å²) in [6, 6.07) is 11.5. The van der Waals surface area contributed by atoms with Gasteiger partial charge in [-0.25, -0.2) is 4.98 Å². The van der Waals surface area contributed by atoms with Crippen molar-refractivity contribution in [1.29, 1.82) is 0 Å². The Morgan fingerprint density at radius 3 is 2.79 bits per heavy atom. The van der Waals surface area contributed by atoms with Crippen molar-refractivity contribution < 1.29 is 4.79 Å². The third-order valence-corrected chi connectivity index (χ3v) is 5.48. The molecule has 2 aliphatic heterocycles. The lowest BCUT2D eigenvalue weighted by molar-refractivity contribution is 0.102. The number of pyridine rings is 1. The Morgan fingerprint density at radius 2 is 1.89 bits per heavy atom. The normalized spacial score (nSPS) is 17.1. The van der Waals surface area contributed by atoms with Crippen LogP contribution in [0.15, 0.2) is 54.7 Å². The number of fused-ring (bicyclic) bond motifs is 2. The highest BCUT2D eigenvalue weighted by molar-refractivity contribution is 6.11. The molecule has 1 saturated heterocycles. The average Bonchev–Trinajstić information content (AvgIpc) is 2.86. The van der Waals surface area contributed by atoms with Gasteiger partial charge in [-0.1, -0.05) is 30.7 Å². The smallest absolute Gasteiger partial charge is 0.259 e. The standard InChI is InChI=1S/C23H28N4O/c28-23-19-11-10-14-24-22(19)27(21-13-5-4-12-20(21)25-23)18-9-2-1-6-15-26-16-7-3-8-17-26/h2,4-5,9-14H,1,3,6-8,15-18H2,(H,25,28)/b9-2-. The van der Waals surface area contributed by atoms with Gasteiger partial charge < -0.3 is 15.1 Å². The molecule has 0 saturated carbocycles. The van der Waals surface area contributed by atoms with Crippen LogP contribution in [0.2, 0.25) is 0 Å². The van der Waals surface area contributed by atoms with Crippen LogP contribution in [0, 0.1) is 0 Å². The zero-order chi connectivity index (χ0) is 19.2. The molecule has 0 spiro atoms. The summed E-state index contributed by atoms with van der Waals surface area (Å²) >= 11 is 0. The fraction of sp³-hybridized carbons (Fsp3) is 0.391. The first-order valence-corrected chi connectivity index (χ1v) is 10.3. The molecular weight excluding hydrogens is 348 g/mol. The molecule has 5 heteroatoms. The van der Waals surface area contributed by atoms with Crippen LogP contribution in [0.3, 0.4) is 0 Å². The molecule has 0 radical (unpaired) electrons. The lowest BCUT2D eigenvalue weighted by Crippen LogP contribution is -2.30. The second-order valence-corrected chi connectivity index (χ2v) is 7.47. The maximum absolute atomic E-state index is 12.6. The Balaban J connectivity index is 1.43. The highest BCUT2D eigenvalue weighted by atomic mass is 16.1. The van der Waals surface area contributed by atoms with Crippen LogP contribution < -0.4 is 10.2 Å². The van der Waals surface area contributed by atoms with Crippen molar-refractivity contribution in [2.24, 2.45) is 0 Å². The van der Waals surface area contributed by atoms with E-state index in [-0.39, 0.29) is 5.91 Å². The number of anilines is 3. The molecule has 1 aromatic carbocycles. The van der Waals surface area contributed by atoms with Gasteiger partial charge in [0.2, 0.25) is 0 Å². The first-order chi connectivity index (χ1) is 13.8. The number of amides is 1. The van der Waals surface area contributed by atoms with E-state index in [4.69, 9.17) is 0 Å². The quantitative estimate of drug-likeness (QED) is 0.591. The average molecular weight is 377 g/mol. The fourth-order valence-electron chi connectivity index (χ4n) is 4.01. The van der Waals surface area contributed by atoms with Crippen LogP contribution in [0.25, 0.3) is 0 Å². The number of nitrogens with one attached hydrogen (secondary N) is 1. The highest BCUT2D eigenvalue weighted by Gasteiger charge is 2.25. The van der Waals surface area contributed by atoms with E-state index in [1.54, 1.807) is 6.20 Å². The van der Waals surface area contributed by atoms with E-state index in [9.17, 15) is 4.79 Å². The summed E-state index contributed by atoms with van der Waals surface area (Å²) in [5, 5.41) is 3.01. The maximum Gasteiger partial charge on any atom is 0.259 e. The van der Waals surface area contributed by atoms with E-state index >= 15 is 0 Å². The molecule has 0 unspecified atom stereocenters. The van der Waals surface area contributed by atoms with Gasteiger partial charge in [0.15, 0.2) is 0 Å². The number of nitrogens with zero attached hydrogens (tertiary/aromatic N) is 3. The summed E-state index contributed by atoms with van der Waals surface area (Å²) < 4.78 is 0. The third-order valence-electron chi connectivity index (χ3n) is 5.48. The number of carbonyl (C=O) groups excluding carboxylic acids is 1.